The van der Waals surface area contributed by atoms with E-state index in [1.165, 1.54) is 0 Å². The maximum atomic E-state index is 4.47. The molecule has 0 bridgehead atoms. The molecule has 0 aliphatic heterocycles. The third-order valence-electron chi connectivity index (χ3n) is 2.59. The Balaban J connectivity index is 2.19. The van der Waals surface area contributed by atoms with E-state index in [1.807, 2.05) is 25.1 Å². The highest BCUT2D eigenvalue weighted by molar-refractivity contribution is 9.10. The summed E-state index contributed by atoms with van der Waals surface area (Å²) in [7, 11) is 0. The summed E-state index contributed by atoms with van der Waals surface area (Å²) < 4.78 is 1.06. The minimum Gasteiger partial charge on any atom is -0.365 e. The highest BCUT2D eigenvalue weighted by Crippen LogP contribution is 2.23. The van der Waals surface area contributed by atoms with Crippen LogP contribution in [0.1, 0.15) is 26.3 Å². The van der Waals surface area contributed by atoms with Gasteiger partial charge >= 0.3 is 0 Å². The predicted octanol–water partition coefficient (Wildman–Crippen LogP) is 4.50. The fraction of sp³-hybridized carbons (Fsp3) is 0.333. The molecule has 0 atom stereocenters. The van der Waals surface area contributed by atoms with Gasteiger partial charge in [0.2, 0.25) is 5.95 Å². The molecule has 2 rings (SSSR count). The second kappa shape index (κ2) is 5.79. The molecule has 5 heteroatoms. The van der Waals surface area contributed by atoms with E-state index in [2.05, 4.69) is 63.4 Å². The molecule has 0 unspecified atom stereocenters. The lowest BCUT2D eigenvalue weighted by molar-refractivity contribution is 0.630. The molecule has 0 fully saturated rings. The number of anilines is 3. The number of nitrogens with zero attached hydrogens (tertiary/aromatic N) is 2. The van der Waals surface area contributed by atoms with Gasteiger partial charge in [0.25, 0.3) is 0 Å². The molecule has 0 saturated heterocycles. The van der Waals surface area contributed by atoms with E-state index < -0.39 is 0 Å². The molecule has 20 heavy (non-hydrogen) atoms. The van der Waals surface area contributed by atoms with Crippen LogP contribution in [0.25, 0.3) is 0 Å². The molecule has 0 spiro atoms. The van der Waals surface area contributed by atoms with Crippen molar-refractivity contribution >= 4 is 33.4 Å². The van der Waals surface area contributed by atoms with Gasteiger partial charge in [-0.05, 0) is 57.5 Å². The maximum absolute atomic E-state index is 4.47. The zero-order chi connectivity index (χ0) is 14.8. The van der Waals surface area contributed by atoms with Crippen LogP contribution in [-0.2, 0) is 0 Å². The second-order valence-electron chi connectivity index (χ2n) is 5.72. The average Bonchev–Trinajstić information content (AvgIpc) is 2.31. The number of rotatable bonds is 3. The molecule has 0 aliphatic rings. The summed E-state index contributed by atoms with van der Waals surface area (Å²) in [6, 6.07) is 7.92. The molecular weight excluding hydrogens is 316 g/mol. The van der Waals surface area contributed by atoms with Crippen LogP contribution in [0.15, 0.2) is 34.9 Å². The SMILES string of the molecule is Cc1cc(Br)ccc1Nc1nccc(NC(C)(C)C)n1. The third kappa shape index (κ3) is 4.20. The highest BCUT2D eigenvalue weighted by Gasteiger charge is 2.10. The van der Waals surface area contributed by atoms with E-state index in [1.54, 1.807) is 6.20 Å². The van der Waals surface area contributed by atoms with E-state index in [0.29, 0.717) is 5.95 Å². The molecule has 106 valence electrons. The van der Waals surface area contributed by atoms with Gasteiger partial charge < -0.3 is 10.6 Å². The van der Waals surface area contributed by atoms with Crippen LogP contribution in [-0.4, -0.2) is 15.5 Å². The minimum atomic E-state index is -0.0286. The van der Waals surface area contributed by atoms with Crippen LogP contribution in [0.4, 0.5) is 17.5 Å². The maximum Gasteiger partial charge on any atom is 0.229 e. The number of benzene rings is 1. The van der Waals surface area contributed by atoms with Crippen molar-refractivity contribution in [3.05, 3.63) is 40.5 Å². The van der Waals surface area contributed by atoms with Gasteiger partial charge in [0.1, 0.15) is 5.82 Å². The molecule has 0 radical (unpaired) electrons. The average molecular weight is 335 g/mol. The first-order valence-electron chi connectivity index (χ1n) is 6.48. The quantitative estimate of drug-likeness (QED) is 0.867. The summed E-state index contributed by atoms with van der Waals surface area (Å²) in [5.41, 5.74) is 2.11. The van der Waals surface area contributed by atoms with Crippen LogP contribution in [0, 0.1) is 6.92 Å². The van der Waals surface area contributed by atoms with Crippen LogP contribution < -0.4 is 10.6 Å². The zero-order valence-corrected chi connectivity index (χ0v) is 13.7. The Morgan fingerprint density at radius 2 is 1.90 bits per heavy atom. The van der Waals surface area contributed by atoms with Crippen molar-refractivity contribution in [3.8, 4) is 0 Å². The van der Waals surface area contributed by atoms with Gasteiger partial charge in [0.05, 0.1) is 0 Å². The number of hydrogen-bond donors (Lipinski definition) is 2. The van der Waals surface area contributed by atoms with Gasteiger partial charge in [-0.2, -0.15) is 4.98 Å². The van der Waals surface area contributed by atoms with E-state index in [9.17, 15) is 0 Å². The molecule has 0 saturated carbocycles. The first-order valence-corrected chi connectivity index (χ1v) is 7.27. The molecule has 2 N–H and O–H groups in total. The number of hydrogen-bond acceptors (Lipinski definition) is 4. The molecule has 1 aromatic heterocycles. The zero-order valence-electron chi connectivity index (χ0n) is 12.2. The van der Waals surface area contributed by atoms with Crippen molar-refractivity contribution in [2.45, 2.75) is 33.2 Å². The Morgan fingerprint density at radius 1 is 1.15 bits per heavy atom. The summed E-state index contributed by atoms with van der Waals surface area (Å²) in [6.07, 6.45) is 1.75. The van der Waals surface area contributed by atoms with Gasteiger partial charge in [0.15, 0.2) is 0 Å². The molecule has 1 aromatic carbocycles. The largest absolute Gasteiger partial charge is 0.365 e. The Bertz CT molecular complexity index is 605. The summed E-state index contributed by atoms with van der Waals surface area (Å²) in [5, 5.41) is 6.57. The van der Waals surface area contributed by atoms with Crippen molar-refractivity contribution < 1.29 is 0 Å². The van der Waals surface area contributed by atoms with Crippen molar-refractivity contribution in [1.29, 1.82) is 0 Å². The summed E-state index contributed by atoms with van der Waals surface area (Å²) in [4.78, 5) is 8.73. The van der Waals surface area contributed by atoms with Crippen LogP contribution in [0.5, 0.6) is 0 Å². The first-order chi connectivity index (χ1) is 9.33. The van der Waals surface area contributed by atoms with E-state index >= 15 is 0 Å². The lowest BCUT2D eigenvalue weighted by atomic mass is 10.1. The van der Waals surface area contributed by atoms with Crippen molar-refractivity contribution in [1.82, 2.24) is 9.97 Å². The van der Waals surface area contributed by atoms with Crippen molar-refractivity contribution in [2.75, 3.05) is 10.6 Å². The van der Waals surface area contributed by atoms with Gasteiger partial charge in [0, 0.05) is 21.9 Å². The van der Waals surface area contributed by atoms with Crippen molar-refractivity contribution in [2.24, 2.45) is 0 Å². The van der Waals surface area contributed by atoms with Crippen LogP contribution in [0.2, 0.25) is 0 Å². The van der Waals surface area contributed by atoms with E-state index in [-0.39, 0.29) is 5.54 Å². The molecule has 1 heterocycles. The van der Waals surface area contributed by atoms with Gasteiger partial charge in [-0.3, -0.25) is 0 Å². The molecule has 0 aliphatic carbocycles. The van der Waals surface area contributed by atoms with Gasteiger partial charge in [-0.15, -0.1) is 0 Å². The fourth-order valence-electron chi connectivity index (χ4n) is 1.76. The third-order valence-corrected chi connectivity index (χ3v) is 3.09. The monoisotopic (exact) mass is 334 g/mol. The number of aromatic nitrogens is 2. The number of nitrogens with one attached hydrogen (secondary N) is 2. The highest BCUT2D eigenvalue weighted by atomic mass is 79.9. The Hall–Kier alpha value is -1.62. The van der Waals surface area contributed by atoms with Gasteiger partial charge in [-0.25, -0.2) is 4.98 Å². The predicted molar refractivity (Wildman–Crippen MR) is 87.6 cm³/mol. The Morgan fingerprint density at radius 3 is 2.55 bits per heavy atom. The standard InChI is InChI=1S/C15H19BrN4/c1-10-9-11(16)5-6-12(10)18-14-17-8-7-13(19-14)20-15(2,3)4/h5-9H,1-4H3,(H2,17,18,19,20). The summed E-state index contributed by atoms with van der Waals surface area (Å²) in [6.45, 7) is 8.34. The van der Waals surface area contributed by atoms with Crippen LogP contribution in [0.3, 0.4) is 0 Å². The van der Waals surface area contributed by atoms with E-state index in [0.717, 1.165) is 21.5 Å². The number of halogens is 1. The normalized spacial score (nSPS) is 11.2. The lowest BCUT2D eigenvalue weighted by Gasteiger charge is -2.21. The summed E-state index contributed by atoms with van der Waals surface area (Å²) in [5.74, 6) is 1.40. The minimum absolute atomic E-state index is 0.0286. The summed E-state index contributed by atoms with van der Waals surface area (Å²) >= 11 is 3.46. The molecular formula is C15H19BrN4. The Labute approximate surface area is 128 Å². The number of aryl methyl sites for hydroxylation is 1. The second-order valence-corrected chi connectivity index (χ2v) is 6.64. The van der Waals surface area contributed by atoms with E-state index in [4.69, 9.17) is 0 Å². The first kappa shape index (κ1) is 14.8. The van der Waals surface area contributed by atoms with Gasteiger partial charge in [-0.1, -0.05) is 15.9 Å². The van der Waals surface area contributed by atoms with Crippen molar-refractivity contribution in [3.63, 3.8) is 0 Å². The Kier molecular flexibility index (Phi) is 4.28. The molecule has 4 nitrogen and oxygen atoms in total. The topological polar surface area (TPSA) is 49.8 Å². The van der Waals surface area contributed by atoms with Crippen LogP contribution >= 0.6 is 15.9 Å². The smallest absolute Gasteiger partial charge is 0.229 e. The molecule has 0 amide bonds. The molecule has 2 aromatic rings. The lowest BCUT2D eigenvalue weighted by Crippen LogP contribution is -2.26. The fourth-order valence-corrected chi connectivity index (χ4v) is 2.24.